The van der Waals surface area contributed by atoms with Crippen molar-refractivity contribution in [2.24, 2.45) is 16.4 Å². The first-order valence-corrected chi connectivity index (χ1v) is 7.99. The van der Waals surface area contributed by atoms with E-state index in [9.17, 15) is 0 Å². The molecule has 1 aliphatic carbocycles. The van der Waals surface area contributed by atoms with Gasteiger partial charge in [0.25, 0.3) is 0 Å². The SMILES string of the molecule is C[C@@H]1C/C(=N/NC(=S)NCc2ccccc2)CC(C)(C)C1. The van der Waals surface area contributed by atoms with Crippen molar-refractivity contribution in [2.45, 2.75) is 46.6 Å². The van der Waals surface area contributed by atoms with E-state index in [4.69, 9.17) is 12.2 Å². The summed E-state index contributed by atoms with van der Waals surface area (Å²) in [6.45, 7) is 7.64. The lowest BCUT2D eigenvalue weighted by molar-refractivity contribution is 0.265. The molecule has 4 heteroatoms. The van der Waals surface area contributed by atoms with Gasteiger partial charge in [0, 0.05) is 12.3 Å². The standard InChI is InChI=1S/C17H25N3S/c1-13-9-15(11-17(2,3)10-13)19-20-16(21)18-12-14-7-5-4-6-8-14/h4-8,13H,9-12H2,1-3H3,(H2,18,20,21)/b19-15-/t13-/m1/s1. The van der Waals surface area contributed by atoms with Crippen LogP contribution in [0.5, 0.6) is 0 Å². The summed E-state index contributed by atoms with van der Waals surface area (Å²) < 4.78 is 0. The predicted molar refractivity (Wildman–Crippen MR) is 93.2 cm³/mol. The first kappa shape index (κ1) is 16.0. The van der Waals surface area contributed by atoms with Crippen LogP contribution >= 0.6 is 12.2 Å². The fourth-order valence-corrected chi connectivity index (χ4v) is 3.27. The van der Waals surface area contributed by atoms with Gasteiger partial charge in [-0.1, -0.05) is 51.1 Å². The molecule has 1 aromatic carbocycles. The number of nitrogens with zero attached hydrogens (tertiary/aromatic N) is 1. The summed E-state index contributed by atoms with van der Waals surface area (Å²) in [7, 11) is 0. The van der Waals surface area contributed by atoms with Gasteiger partial charge in [-0.05, 0) is 48.4 Å². The highest BCUT2D eigenvalue weighted by Crippen LogP contribution is 2.36. The van der Waals surface area contributed by atoms with Crippen LogP contribution in [0.25, 0.3) is 0 Å². The molecule has 0 radical (unpaired) electrons. The average Bonchev–Trinajstić information content (AvgIpc) is 2.42. The van der Waals surface area contributed by atoms with Crippen LogP contribution in [0.4, 0.5) is 0 Å². The van der Waals surface area contributed by atoms with Gasteiger partial charge in [0.2, 0.25) is 0 Å². The Balaban J connectivity index is 1.81. The van der Waals surface area contributed by atoms with Crippen LogP contribution in [-0.2, 0) is 6.54 Å². The van der Waals surface area contributed by atoms with Gasteiger partial charge in [0.05, 0.1) is 0 Å². The van der Waals surface area contributed by atoms with E-state index in [1.54, 1.807) is 0 Å². The summed E-state index contributed by atoms with van der Waals surface area (Å²) >= 11 is 5.28. The lowest BCUT2D eigenvalue weighted by atomic mass is 9.72. The fourth-order valence-electron chi connectivity index (χ4n) is 3.15. The Kier molecular flexibility index (Phi) is 5.34. The molecule has 1 aliphatic rings. The van der Waals surface area contributed by atoms with Crippen molar-refractivity contribution in [1.29, 1.82) is 0 Å². The van der Waals surface area contributed by atoms with Gasteiger partial charge in [-0.3, -0.25) is 5.43 Å². The van der Waals surface area contributed by atoms with E-state index in [0.717, 1.165) is 19.4 Å². The van der Waals surface area contributed by atoms with E-state index in [1.807, 2.05) is 18.2 Å². The zero-order chi connectivity index (χ0) is 15.3. The Bertz CT molecular complexity index is 508. The quantitative estimate of drug-likeness (QED) is 0.658. The topological polar surface area (TPSA) is 36.4 Å². The third kappa shape index (κ3) is 5.46. The Labute approximate surface area is 133 Å². The number of thiocarbonyl (C=S) groups is 1. The zero-order valence-corrected chi connectivity index (χ0v) is 14.0. The van der Waals surface area contributed by atoms with Crippen molar-refractivity contribution in [1.82, 2.24) is 10.7 Å². The highest BCUT2D eigenvalue weighted by atomic mass is 32.1. The molecule has 0 bridgehead atoms. The first-order chi connectivity index (χ1) is 9.94. The summed E-state index contributed by atoms with van der Waals surface area (Å²) in [4.78, 5) is 0. The minimum absolute atomic E-state index is 0.345. The second kappa shape index (κ2) is 7.03. The van der Waals surface area contributed by atoms with E-state index >= 15 is 0 Å². The van der Waals surface area contributed by atoms with Crippen molar-refractivity contribution in [3.63, 3.8) is 0 Å². The number of hydrazone groups is 1. The lowest BCUT2D eigenvalue weighted by Gasteiger charge is -2.34. The van der Waals surface area contributed by atoms with Gasteiger partial charge in [-0.15, -0.1) is 0 Å². The minimum Gasteiger partial charge on any atom is -0.357 e. The van der Waals surface area contributed by atoms with Crippen molar-refractivity contribution in [2.75, 3.05) is 0 Å². The Morgan fingerprint density at radius 3 is 2.71 bits per heavy atom. The first-order valence-electron chi connectivity index (χ1n) is 7.58. The van der Waals surface area contributed by atoms with E-state index < -0.39 is 0 Å². The summed E-state index contributed by atoms with van der Waals surface area (Å²) in [6.07, 6.45) is 3.38. The van der Waals surface area contributed by atoms with Crippen molar-refractivity contribution < 1.29 is 0 Å². The Morgan fingerprint density at radius 2 is 2.05 bits per heavy atom. The molecule has 0 heterocycles. The van der Waals surface area contributed by atoms with E-state index in [2.05, 4.69) is 48.7 Å². The second-order valence-electron chi connectivity index (χ2n) is 6.81. The maximum atomic E-state index is 5.28. The molecule has 0 spiro atoms. The Hall–Kier alpha value is -1.42. The number of benzene rings is 1. The van der Waals surface area contributed by atoms with Crippen LogP contribution in [0.1, 0.15) is 45.6 Å². The van der Waals surface area contributed by atoms with Crippen LogP contribution in [0.2, 0.25) is 0 Å². The van der Waals surface area contributed by atoms with Gasteiger partial charge in [0.1, 0.15) is 0 Å². The van der Waals surface area contributed by atoms with Crippen molar-refractivity contribution in [3.8, 4) is 0 Å². The van der Waals surface area contributed by atoms with Gasteiger partial charge in [0.15, 0.2) is 5.11 Å². The smallest absolute Gasteiger partial charge is 0.187 e. The van der Waals surface area contributed by atoms with Gasteiger partial charge in [-0.2, -0.15) is 5.10 Å². The lowest BCUT2D eigenvalue weighted by Crippen LogP contribution is -2.34. The molecule has 0 amide bonds. The largest absolute Gasteiger partial charge is 0.357 e. The molecule has 0 aromatic heterocycles. The minimum atomic E-state index is 0.345. The van der Waals surface area contributed by atoms with Crippen LogP contribution < -0.4 is 10.7 Å². The zero-order valence-electron chi connectivity index (χ0n) is 13.1. The number of rotatable bonds is 3. The van der Waals surface area contributed by atoms with Crippen LogP contribution in [0.3, 0.4) is 0 Å². The molecule has 21 heavy (non-hydrogen) atoms. The average molecular weight is 303 g/mol. The molecule has 0 saturated heterocycles. The van der Waals surface area contributed by atoms with E-state index in [1.165, 1.54) is 17.7 Å². The molecule has 1 fully saturated rings. The molecule has 114 valence electrons. The number of hydrogen-bond acceptors (Lipinski definition) is 2. The molecular weight excluding hydrogens is 278 g/mol. The fraction of sp³-hybridized carbons (Fsp3) is 0.529. The molecule has 1 aromatic rings. The molecule has 2 rings (SSSR count). The predicted octanol–water partition coefficient (Wildman–Crippen LogP) is 3.85. The molecule has 0 unspecified atom stereocenters. The third-order valence-corrected chi connectivity index (χ3v) is 4.01. The van der Waals surface area contributed by atoms with Gasteiger partial charge in [-0.25, -0.2) is 0 Å². The van der Waals surface area contributed by atoms with Crippen molar-refractivity contribution in [3.05, 3.63) is 35.9 Å². The van der Waals surface area contributed by atoms with Gasteiger partial charge >= 0.3 is 0 Å². The summed E-state index contributed by atoms with van der Waals surface area (Å²) in [5.41, 5.74) is 5.77. The summed E-state index contributed by atoms with van der Waals surface area (Å²) in [5, 5.41) is 8.27. The highest BCUT2D eigenvalue weighted by Gasteiger charge is 2.29. The summed E-state index contributed by atoms with van der Waals surface area (Å²) in [5.74, 6) is 0.695. The van der Waals surface area contributed by atoms with E-state index in [-0.39, 0.29) is 0 Å². The number of hydrogen-bond donors (Lipinski definition) is 2. The van der Waals surface area contributed by atoms with Gasteiger partial charge < -0.3 is 5.32 Å². The molecular formula is C17H25N3S. The molecule has 2 N–H and O–H groups in total. The normalized spacial score (nSPS) is 22.8. The van der Waals surface area contributed by atoms with Crippen molar-refractivity contribution >= 4 is 23.0 Å². The number of nitrogens with one attached hydrogen (secondary N) is 2. The molecule has 0 aliphatic heterocycles. The van der Waals surface area contributed by atoms with Crippen LogP contribution in [-0.4, -0.2) is 10.8 Å². The molecule has 1 atom stereocenters. The summed E-state index contributed by atoms with van der Waals surface area (Å²) in [6, 6.07) is 10.2. The Morgan fingerprint density at radius 1 is 1.33 bits per heavy atom. The maximum Gasteiger partial charge on any atom is 0.187 e. The monoisotopic (exact) mass is 303 g/mol. The highest BCUT2D eigenvalue weighted by molar-refractivity contribution is 7.80. The third-order valence-electron chi connectivity index (χ3n) is 3.78. The molecule has 3 nitrogen and oxygen atoms in total. The van der Waals surface area contributed by atoms with E-state index in [0.29, 0.717) is 16.4 Å². The second-order valence-corrected chi connectivity index (χ2v) is 7.22. The van der Waals surface area contributed by atoms with Crippen LogP contribution in [0, 0.1) is 11.3 Å². The maximum absolute atomic E-state index is 5.28. The van der Waals surface area contributed by atoms with Crippen LogP contribution in [0.15, 0.2) is 35.4 Å². The molecule has 1 saturated carbocycles.